The smallest absolute Gasteiger partial charge is 0.304 e. The lowest BCUT2D eigenvalue weighted by molar-refractivity contribution is -0.136. The molecule has 0 amide bonds. The minimum absolute atomic E-state index is 0.211. The first-order valence-electron chi connectivity index (χ1n) is 7.30. The molecule has 0 spiro atoms. The lowest BCUT2D eigenvalue weighted by atomic mass is 10.0. The van der Waals surface area contributed by atoms with Gasteiger partial charge in [0.2, 0.25) is 0 Å². The van der Waals surface area contributed by atoms with E-state index in [1.165, 1.54) is 5.56 Å². The van der Waals surface area contributed by atoms with Crippen molar-refractivity contribution in [1.29, 1.82) is 0 Å². The van der Waals surface area contributed by atoms with Crippen molar-refractivity contribution < 1.29 is 9.90 Å². The molecule has 0 radical (unpaired) electrons. The maximum Gasteiger partial charge on any atom is 0.304 e. The summed E-state index contributed by atoms with van der Waals surface area (Å²) >= 11 is 0. The van der Waals surface area contributed by atoms with Crippen molar-refractivity contribution >= 4 is 5.97 Å². The topological polar surface area (TPSA) is 65.5 Å². The van der Waals surface area contributed by atoms with Gasteiger partial charge in [0.1, 0.15) is 0 Å². The Kier molecular flexibility index (Phi) is 5.95. The molecule has 2 rings (SSSR count). The Morgan fingerprint density at radius 1 is 1.35 bits per heavy atom. The van der Waals surface area contributed by atoms with Gasteiger partial charge in [0.25, 0.3) is 0 Å². The first-order valence-corrected chi connectivity index (χ1v) is 7.30. The predicted octanol–water partition coefficient (Wildman–Crippen LogP) is 1.15. The Balaban J connectivity index is 1.61. The quantitative estimate of drug-likeness (QED) is 0.783. The van der Waals surface area contributed by atoms with Crippen molar-refractivity contribution in [2.75, 3.05) is 26.2 Å². The van der Waals surface area contributed by atoms with Crippen LogP contribution in [-0.2, 0) is 11.2 Å². The largest absolute Gasteiger partial charge is 0.481 e. The molecule has 0 bridgehead atoms. The number of piperidine rings is 1. The molecule has 0 aromatic carbocycles. The van der Waals surface area contributed by atoms with Crippen LogP contribution in [0, 0.1) is 0 Å². The van der Waals surface area contributed by atoms with Crippen molar-refractivity contribution in [1.82, 2.24) is 15.2 Å². The molecule has 0 aliphatic carbocycles. The predicted molar refractivity (Wildman–Crippen MR) is 77.7 cm³/mol. The minimum Gasteiger partial charge on any atom is -0.481 e. The van der Waals surface area contributed by atoms with Gasteiger partial charge in [-0.3, -0.25) is 9.78 Å². The molecule has 5 heteroatoms. The lowest BCUT2D eigenvalue weighted by Gasteiger charge is -2.32. The molecule has 20 heavy (non-hydrogen) atoms. The SMILES string of the molecule is O=C(O)CCNC1CCN(CCc2ccncc2)CC1. The van der Waals surface area contributed by atoms with E-state index in [1.54, 1.807) is 0 Å². The monoisotopic (exact) mass is 277 g/mol. The molecule has 0 unspecified atom stereocenters. The summed E-state index contributed by atoms with van der Waals surface area (Å²) in [6.07, 6.45) is 7.18. The van der Waals surface area contributed by atoms with Crippen LogP contribution < -0.4 is 5.32 Å². The zero-order valence-electron chi connectivity index (χ0n) is 11.8. The van der Waals surface area contributed by atoms with Crippen LogP contribution in [0.15, 0.2) is 24.5 Å². The highest BCUT2D eigenvalue weighted by Crippen LogP contribution is 2.11. The van der Waals surface area contributed by atoms with Crippen molar-refractivity contribution in [2.45, 2.75) is 31.7 Å². The van der Waals surface area contributed by atoms with Gasteiger partial charge in [-0.1, -0.05) is 0 Å². The van der Waals surface area contributed by atoms with E-state index < -0.39 is 5.97 Å². The number of carboxylic acid groups (broad SMARTS) is 1. The van der Waals surface area contributed by atoms with Crippen LogP contribution in [0.5, 0.6) is 0 Å². The van der Waals surface area contributed by atoms with E-state index in [0.717, 1.165) is 38.9 Å². The number of aromatic nitrogens is 1. The minimum atomic E-state index is -0.729. The first kappa shape index (κ1) is 14.9. The van der Waals surface area contributed by atoms with Crippen LogP contribution >= 0.6 is 0 Å². The molecule has 1 aliphatic rings. The van der Waals surface area contributed by atoms with E-state index in [1.807, 2.05) is 12.4 Å². The van der Waals surface area contributed by atoms with Gasteiger partial charge in [-0.15, -0.1) is 0 Å². The third-order valence-electron chi connectivity index (χ3n) is 3.83. The Hall–Kier alpha value is -1.46. The highest BCUT2D eigenvalue weighted by atomic mass is 16.4. The summed E-state index contributed by atoms with van der Waals surface area (Å²) in [7, 11) is 0. The van der Waals surface area contributed by atoms with Crippen molar-refractivity contribution in [3.8, 4) is 0 Å². The van der Waals surface area contributed by atoms with Gasteiger partial charge in [0.15, 0.2) is 0 Å². The molecule has 1 aromatic heterocycles. The summed E-state index contributed by atoms with van der Waals surface area (Å²) in [6.45, 7) is 3.86. The molecule has 1 fully saturated rings. The molecule has 1 saturated heterocycles. The fourth-order valence-electron chi connectivity index (χ4n) is 2.58. The second kappa shape index (κ2) is 7.97. The summed E-state index contributed by atoms with van der Waals surface area (Å²) in [5.74, 6) is -0.729. The highest BCUT2D eigenvalue weighted by Gasteiger charge is 2.18. The second-order valence-corrected chi connectivity index (χ2v) is 5.32. The summed E-state index contributed by atoms with van der Waals surface area (Å²) in [6, 6.07) is 4.62. The molecule has 2 N–H and O–H groups in total. The fraction of sp³-hybridized carbons (Fsp3) is 0.600. The number of likely N-dealkylation sites (tertiary alicyclic amines) is 1. The zero-order chi connectivity index (χ0) is 14.2. The third-order valence-corrected chi connectivity index (χ3v) is 3.83. The summed E-state index contributed by atoms with van der Waals surface area (Å²) in [5.41, 5.74) is 1.33. The van der Waals surface area contributed by atoms with E-state index in [4.69, 9.17) is 5.11 Å². The standard InChI is InChI=1S/C15H23N3O2/c19-15(20)3-9-17-14-5-11-18(12-6-14)10-4-13-1-7-16-8-2-13/h1-2,7-8,14,17H,3-6,9-12H2,(H,19,20). The number of carbonyl (C=O) groups is 1. The number of nitrogens with one attached hydrogen (secondary N) is 1. The van der Waals surface area contributed by atoms with Gasteiger partial charge in [0, 0.05) is 31.5 Å². The van der Waals surface area contributed by atoms with Crippen LogP contribution in [-0.4, -0.2) is 53.2 Å². The average molecular weight is 277 g/mol. The van der Waals surface area contributed by atoms with Crippen LogP contribution in [0.2, 0.25) is 0 Å². The van der Waals surface area contributed by atoms with Crippen LogP contribution in [0.25, 0.3) is 0 Å². The Labute approximate surface area is 120 Å². The Morgan fingerprint density at radius 3 is 2.70 bits per heavy atom. The maximum absolute atomic E-state index is 10.5. The van der Waals surface area contributed by atoms with E-state index in [2.05, 4.69) is 27.3 Å². The fourth-order valence-corrected chi connectivity index (χ4v) is 2.58. The Morgan fingerprint density at radius 2 is 2.05 bits per heavy atom. The molecular formula is C15H23N3O2. The number of nitrogens with zero attached hydrogens (tertiary/aromatic N) is 2. The molecule has 5 nitrogen and oxygen atoms in total. The molecule has 1 aromatic rings. The number of carboxylic acids is 1. The van der Waals surface area contributed by atoms with Crippen LogP contribution in [0.1, 0.15) is 24.8 Å². The van der Waals surface area contributed by atoms with Crippen molar-refractivity contribution in [3.63, 3.8) is 0 Å². The lowest BCUT2D eigenvalue weighted by Crippen LogP contribution is -2.43. The van der Waals surface area contributed by atoms with Gasteiger partial charge < -0.3 is 15.3 Å². The normalized spacial score (nSPS) is 17.2. The van der Waals surface area contributed by atoms with E-state index in [9.17, 15) is 4.79 Å². The summed E-state index contributed by atoms with van der Waals surface area (Å²) < 4.78 is 0. The number of pyridine rings is 1. The summed E-state index contributed by atoms with van der Waals surface area (Å²) in [4.78, 5) is 17.0. The molecule has 110 valence electrons. The Bertz CT molecular complexity index is 403. The second-order valence-electron chi connectivity index (χ2n) is 5.32. The molecule has 0 saturated carbocycles. The average Bonchev–Trinajstić information content (AvgIpc) is 2.47. The number of aliphatic carboxylic acids is 1. The van der Waals surface area contributed by atoms with Crippen molar-refractivity contribution in [3.05, 3.63) is 30.1 Å². The number of hydrogen-bond donors (Lipinski definition) is 2. The molecule has 1 aliphatic heterocycles. The van der Waals surface area contributed by atoms with Gasteiger partial charge in [-0.05, 0) is 50.0 Å². The zero-order valence-corrected chi connectivity index (χ0v) is 11.8. The van der Waals surface area contributed by atoms with Gasteiger partial charge in [0.05, 0.1) is 6.42 Å². The van der Waals surface area contributed by atoms with Crippen LogP contribution in [0.4, 0.5) is 0 Å². The van der Waals surface area contributed by atoms with E-state index >= 15 is 0 Å². The van der Waals surface area contributed by atoms with Crippen LogP contribution in [0.3, 0.4) is 0 Å². The van der Waals surface area contributed by atoms with Gasteiger partial charge in [-0.25, -0.2) is 0 Å². The summed E-state index contributed by atoms with van der Waals surface area (Å²) in [5, 5.41) is 11.9. The third kappa shape index (κ3) is 5.27. The molecule has 0 atom stereocenters. The first-order chi connectivity index (χ1) is 9.74. The number of hydrogen-bond acceptors (Lipinski definition) is 4. The maximum atomic E-state index is 10.5. The van der Waals surface area contributed by atoms with E-state index in [-0.39, 0.29) is 6.42 Å². The van der Waals surface area contributed by atoms with Gasteiger partial charge in [-0.2, -0.15) is 0 Å². The highest BCUT2D eigenvalue weighted by molar-refractivity contribution is 5.66. The van der Waals surface area contributed by atoms with E-state index in [0.29, 0.717) is 12.6 Å². The van der Waals surface area contributed by atoms with Crippen molar-refractivity contribution in [2.24, 2.45) is 0 Å². The molecular weight excluding hydrogens is 254 g/mol. The number of rotatable bonds is 7. The molecule has 2 heterocycles. The van der Waals surface area contributed by atoms with Gasteiger partial charge >= 0.3 is 5.97 Å².